The topological polar surface area (TPSA) is 89.6 Å². The van der Waals surface area contributed by atoms with Gasteiger partial charge < -0.3 is 15.3 Å². The molecule has 0 spiro atoms. The van der Waals surface area contributed by atoms with Gasteiger partial charge in [0.1, 0.15) is 0 Å². The van der Waals surface area contributed by atoms with Crippen molar-refractivity contribution in [3.05, 3.63) is 23.0 Å². The minimum atomic E-state index is 0.101. The molecule has 6 nitrogen and oxygen atoms in total. The van der Waals surface area contributed by atoms with Crippen molar-refractivity contribution < 1.29 is 4.79 Å². The molecule has 0 fully saturated rings. The molecule has 0 amide bonds. The largest absolute Gasteiger partial charge is 0.368 e. The van der Waals surface area contributed by atoms with Crippen molar-refractivity contribution in [2.75, 3.05) is 11.5 Å². The van der Waals surface area contributed by atoms with E-state index in [9.17, 15) is 4.79 Å². The molecule has 0 radical (unpaired) electrons. The predicted molar refractivity (Wildman–Crippen MR) is 89.2 cm³/mol. The Morgan fingerprint density at radius 2 is 2.14 bits per heavy atom. The third-order valence-corrected chi connectivity index (χ3v) is 4.49. The Morgan fingerprint density at radius 3 is 2.73 bits per heavy atom. The number of thioether (sulfide) groups is 1. The maximum absolute atomic E-state index is 12.4. The number of nitrogen functional groups attached to an aromatic ring is 1. The van der Waals surface area contributed by atoms with Gasteiger partial charge >= 0.3 is 0 Å². The molecule has 2 rings (SSSR count). The second kappa shape index (κ2) is 7.00. The van der Waals surface area contributed by atoms with E-state index in [4.69, 9.17) is 5.73 Å². The standard InChI is InChI=1S/C15H23N5OS/c1-9(2)5-6-20-10(3)7-12(11(20)4)13(21)8-22-15-17-14(16)18-19-15/h7,9H,5-6,8H2,1-4H3,(H3,16,17,18,19). The maximum atomic E-state index is 12.4. The molecule has 3 N–H and O–H groups in total. The lowest BCUT2D eigenvalue weighted by Gasteiger charge is -2.11. The average molecular weight is 321 g/mol. The Kier molecular flexibility index (Phi) is 5.28. The number of hydrogen-bond acceptors (Lipinski definition) is 5. The number of carbonyl (C=O) groups excluding carboxylic acids is 1. The number of aromatic amines is 1. The third-order valence-electron chi connectivity index (χ3n) is 3.63. The predicted octanol–water partition coefficient (Wildman–Crippen LogP) is 2.83. The Bertz CT molecular complexity index is 659. The van der Waals surface area contributed by atoms with E-state index in [2.05, 4.69) is 33.6 Å². The number of hydrogen-bond donors (Lipinski definition) is 2. The minimum Gasteiger partial charge on any atom is -0.368 e. The van der Waals surface area contributed by atoms with Crippen LogP contribution >= 0.6 is 11.8 Å². The van der Waals surface area contributed by atoms with Gasteiger partial charge in [0.2, 0.25) is 5.95 Å². The van der Waals surface area contributed by atoms with Gasteiger partial charge in [-0.15, -0.1) is 10.2 Å². The summed E-state index contributed by atoms with van der Waals surface area (Å²) in [4.78, 5) is 15.2. The molecule has 0 aliphatic heterocycles. The van der Waals surface area contributed by atoms with E-state index in [1.54, 1.807) is 0 Å². The van der Waals surface area contributed by atoms with Crippen molar-refractivity contribution in [3.63, 3.8) is 0 Å². The van der Waals surface area contributed by atoms with Crippen LogP contribution in [0.1, 0.15) is 42.0 Å². The molecule has 0 bridgehead atoms. The molecule has 22 heavy (non-hydrogen) atoms. The van der Waals surface area contributed by atoms with Crippen molar-refractivity contribution >= 4 is 23.5 Å². The van der Waals surface area contributed by atoms with Gasteiger partial charge in [-0.25, -0.2) is 0 Å². The summed E-state index contributed by atoms with van der Waals surface area (Å²) in [6.07, 6.45) is 1.11. The number of ketones is 1. The van der Waals surface area contributed by atoms with E-state index in [0.717, 1.165) is 29.9 Å². The van der Waals surface area contributed by atoms with Gasteiger partial charge in [0.15, 0.2) is 10.9 Å². The number of Topliss-reactive ketones (excluding diaryl/α,β-unsaturated/α-hetero) is 1. The Balaban J connectivity index is 2.04. The minimum absolute atomic E-state index is 0.101. The highest BCUT2D eigenvalue weighted by molar-refractivity contribution is 7.99. The van der Waals surface area contributed by atoms with E-state index in [1.165, 1.54) is 11.8 Å². The molecule has 2 heterocycles. The van der Waals surface area contributed by atoms with E-state index < -0.39 is 0 Å². The molecule has 0 aromatic carbocycles. The lowest BCUT2D eigenvalue weighted by molar-refractivity contribution is 0.102. The maximum Gasteiger partial charge on any atom is 0.220 e. The van der Waals surface area contributed by atoms with Crippen molar-refractivity contribution in [2.24, 2.45) is 5.92 Å². The van der Waals surface area contributed by atoms with Crippen LogP contribution in [-0.2, 0) is 6.54 Å². The van der Waals surface area contributed by atoms with Gasteiger partial charge in [-0.1, -0.05) is 25.6 Å². The lowest BCUT2D eigenvalue weighted by Crippen LogP contribution is -2.08. The molecule has 0 aliphatic rings. The van der Waals surface area contributed by atoms with Gasteiger partial charge in [0, 0.05) is 23.5 Å². The number of aryl methyl sites for hydroxylation is 1. The van der Waals surface area contributed by atoms with Gasteiger partial charge in [-0.05, 0) is 32.3 Å². The van der Waals surface area contributed by atoms with Crippen molar-refractivity contribution in [2.45, 2.75) is 45.8 Å². The summed E-state index contributed by atoms with van der Waals surface area (Å²) in [6.45, 7) is 9.43. The summed E-state index contributed by atoms with van der Waals surface area (Å²) >= 11 is 1.32. The highest BCUT2D eigenvalue weighted by atomic mass is 32.2. The molecular formula is C15H23N5OS. The average Bonchev–Trinajstić information content (AvgIpc) is 2.98. The number of H-pyrrole nitrogens is 1. The van der Waals surface area contributed by atoms with Crippen LogP contribution in [0.5, 0.6) is 0 Å². The normalized spacial score (nSPS) is 11.3. The fourth-order valence-electron chi connectivity index (χ4n) is 2.35. The molecule has 0 unspecified atom stereocenters. The summed E-state index contributed by atoms with van der Waals surface area (Å²) in [5.41, 5.74) is 8.44. The van der Waals surface area contributed by atoms with Crippen LogP contribution in [0.15, 0.2) is 11.2 Å². The highest BCUT2D eigenvalue weighted by Crippen LogP contribution is 2.21. The molecule has 7 heteroatoms. The highest BCUT2D eigenvalue weighted by Gasteiger charge is 2.16. The van der Waals surface area contributed by atoms with E-state index in [0.29, 0.717) is 16.8 Å². The molecule has 0 atom stereocenters. The van der Waals surface area contributed by atoms with E-state index in [1.807, 2.05) is 19.9 Å². The van der Waals surface area contributed by atoms with Gasteiger partial charge in [-0.2, -0.15) is 0 Å². The van der Waals surface area contributed by atoms with Crippen LogP contribution in [0.4, 0.5) is 5.95 Å². The van der Waals surface area contributed by atoms with Crippen LogP contribution in [0, 0.1) is 19.8 Å². The number of anilines is 1. The first-order valence-corrected chi connectivity index (χ1v) is 8.38. The first kappa shape index (κ1) is 16.6. The van der Waals surface area contributed by atoms with Gasteiger partial charge in [0.25, 0.3) is 0 Å². The molecule has 2 aromatic heterocycles. The number of rotatable bonds is 7. The lowest BCUT2D eigenvalue weighted by atomic mass is 10.1. The number of nitrogens with zero attached hydrogens (tertiary/aromatic N) is 3. The smallest absolute Gasteiger partial charge is 0.220 e. The summed E-state index contributed by atoms with van der Waals surface area (Å²) in [5.74, 6) is 1.34. The van der Waals surface area contributed by atoms with Crippen LogP contribution < -0.4 is 5.73 Å². The first-order valence-electron chi connectivity index (χ1n) is 7.39. The van der Waals surface area contributed by atoms with Gasteiger partial charge in [0.05, 0.1) is 5.75 Å². The fourth-order valence-corrected chi connectivity index (χ4v) is 3.05. The number of nitrogens with two attached hydrogens (primary N) is 1. The zero-order valence-electron chi connectivity index (χ0n) is 13.5. The summed E-state index contributed by atoms with van der Waals surface area (Å²) in [7, 11) is 0. The van der Waals surface area contributed by atoms with E-state index in [-0.39, 0.29) is 11.7 Å². The fraction of sp³-hybridized carbons (Fsp3) is 0.533. The Morgan fingerprint density at radius 1 is 1.41 bits per heavy atom. The van der Waals surface area contributed by atoms with Gasteiger partial charge in [-0.3, -0.25) is 4.79 Å². The third kappa shape index (κ3) is 3.91. The number of carbonyl (C=O) groups is 1. The molecule has 0 saturated carbocycles. The molecular weight excluding hydrogens is 298 g/mol. The summed E-state index contributed by atoms with van der Waals surface area (Å²) < 4.78 is 2.23. The monoisotopic (exact) mass is 321 g/mol. The van der Waals surface area contributed by atoms with Crippen molar-refractivity contribution in [1.82, 2.24) is 19.7 Å². The van der Waals surface area contributed by atoms with Crippen LogP contribution in [0.3, 0.4) is 0 Å². The second-order valence-electron chi connectivity index (χ2n) is 5.85. The summed E-state index contributed by atoms with van der Waals surface area (Å²) in [6, 6.07) is 1.98. The van der Waals surface area contributed by atoms with Crippen LogP contribution in [0.25, 0.3) is 0 Å². The summed E-state index contributed by atoms with van der Waals surface area (Å²) in [5, 5.41) is 8.10. The SMILES string of the molecule is Cc1cc(C(=O)CSc2nnc(N)[nH]2)c(C)n1CCC(C)C. The quantitative estimate of drug-likeness (QED) is 0.604. The zero-order chi connectivity index (χ0) is 16.3. The van der Waals surface area contributed by atoms with E-state index >= 15 is 0 Å². The van der Waals surface area contributed by atoms with Crippen molar-refractivity contribution in [1.29, 1.82) is 0 Å². The molecule has 2 aromatic rings. The molecule has 0 saturated heterocycles. The van der Waals surface area contributed by atoms with Crippen molar-refractivity contribution in [3.8, 4) is 0 Å². The Hall–Kier alpha value is -1.76. The van der Waals surface area contributed by atoms with Crippen LogP contribution in [-0.4, -0.2) is 31.3 Å². The van der Waals surface area contributed by atoms with Crippen LogP contribution in [0.2, 0.25) is 0 Å². The number of aromatic nitrogens is 4. The molecule has 120 valence electrons. The zero-order valence-corrected chi connectivity index (χ0v) is 14.3. The second-order valence-corrected chi connectivity index (χ2v) is 6.81. The Labute approximate surface area is 134 Å². The number of nitrogens with one attached hydrogen (secondary N) is 1. The first-order chi connectivity index (χ1) is 10.4. The molecule has 0 aliphatic carbocycles.